The Kier molecular flexibility index (Phi) is 4.67. The van der Waals surface area contributed by atoms with Crippen molar-refractivity contribution in [2.24, 2.45) is 0 Å². The van der Waals surface area contributed by atoms with E-state index in [1.807, 2.05) is 19.1 Å². The van der Waals surface area contributed by atoms with Crippen LogP contribution in [0.15, 0.2) is 55.1 Å². The molecule has 0 spiro atoms. The number of amides is 1. The van der Waals surface area contributed by atoms with Gasteiger partial charge in [-0.1, -0.05) is 23.7 Å². The number of aromatic nitrogens is 4. The molecule has 1 N–H and O–H groups in total. The molecule has 1 amide bonds. The Hall–Kier alpha value is -2.99. The molecule has 2 aromatic heterocycles. The van der Waals surface area contributed by atoms with Crippen molar-refractivity contribution in [2.75, 3.05) is 5.32 Å². The Balaban J connectivity index is 1.64. The number of carbonyl (C=O) groups is 1. The van der Waals surface area contributed by atoms with Crippen LogP contribution in [0, 0.1) is 6.92 Å². The number of anilines is 1. The molecule has 24 heavy (non-hydrogen) atoms. The van der Waals surface area contributed by atoms with Crippen molar-refractivity contribution >= 4 is 29.3 Å². The fraction of sp³-hybridized carbons (Fsp3) is 0.0588. The van der Waals surface area contributed by atoms with Crippen LogP contribution in [0.1, 0.15) is 11.4 Å². The van der Waals surface area contributed by atoms with Crippen LogP contribution in [0.2, 0.25) is 5.02 Å². The Labute approximate surface area is 143 Å². The summed E-state index contributed by atoms with van der Waals surface area (Å²) in [4.78, 5) is 24.5. The predicted molar refractivity (Wildman–Crippen MR) is 93.0 cm³/mol. The Morgan fingerprint density at radius 2 is 1.88 bits per heavy atom. The van der Waals surface area contributed by atoms with Crippen LogP contribution in [0.4, 0.5) is 5.69 Å². The summed E-state index contributed by atoms with van der Waals surface area (Å²) in [5.41, 5.74) is 1.40. The molecule has 3 rings (SSSR count). The van der Waals surface area contributed by atoms with Crippen LogP contribution in [0.5, 0.6) is 0 Å². The summed E-state index contributed by atoms with van der Waals surface area (Å²) in [5.74, 6) is 1.03. The molecule has 0 radical (unpaired) electrons. The maximum Gasteiger partial charge on any atom is 0.248 e. The Morgan fingerprint density at radius 1 is 1.17 bits per heavy atom. The summed E-state index contributed by atoms with van der Waals surface area (Å²) in [7, 11) is 0. The van der Waals surface area contributed by atoms with Gasteiger partial charge in [0.1, 0.15) is 5.82 Å². The van der Waals surface area contributed by atoms with Gasteiger partial charge in [-0.25, -0.2) is 15.0 Å². The van der Waals surface area contributed by atoms with Crippen molar-refractivity contribution in [3.8, 4) is 5.95 Å². The quantitative estimate of drug-likeness (QED) is 0.740. The second-order valence-corrected chi connectivity index (χ2v) is 5.43. The number of hydrogen-bond acceptors (Lipinski definition) is 4. The van der Waals surface area contributed by atoms with Gasteiger partial charge in [0, 0.05) is 23.5 Å². The maximum absolute atomic E-state index is 11.9. The van der Waals surface area contributed by atoms with E-state index in [2.05, 4.69) is 20.3 Å². The van der Waals surface area contributed by atoms with E-state index in [-0.39, 0.29) is 5.91 Å². The first-order chi connectivity index (χ1) is 11.6. The van der Waals surface area contributed by atoms with E-state index < -0.39 is 0 Å². The van der Waals surface area contributed by atoms with Gasteiger partial charge in [-0.3, -0.25) is 9.36 Å². The normalized spacial score (nSPS) is 10.9. The number of halogens is 1. The molecule has 0 unspecified atom stereocenters. The van der Waals surface area contributed by atoms with E-state index in [4.69, 9.17) is 11.6 Å². The third-order valence-electron chi connectivity index (χ3n) is 3.24. The summed E-state index contributed by atoms with van der Waals surface area (Å²) in [6.45, 7) is 1.86. The molecule has 7 heteroatoms. The van der Waals surface area contributed by atoms with Gasteiger partial charge in [-0.15, -0.1) is 0 Å². The van der Waals surface area contributed by atoms with Gasteiger partial charge in [-0.2, -0.15) is 0 Å². The smallest absolute Gasteiger partial charge is 0.248 e. The Bertz CT molecular complexity index is 869. The summed E-state index contributed by atoms with van der Waals surface area (Å²) >= 11 is 5.82. The van der Waals surface area contributed by atoms with Crippen LogP contribution in [0.25, 0.3) is 12.0 Å². The first-order valence-corrected chi connectivity index (χ1v) is 7.56. The zero-order valence-corrected chi connectivity index (χ0v) is 13.6. The first-order valence-electron chi connectivity index (χ1n) is 7.19. The van der Waals surface area contributed by atoms with Crippen molar-refractivity contribution in [3.05, 3.63) is 71.5 Å². The number of imidazole rings is 1. The average molecular weight is 340 g/mol. The lowest BCUT2D eigenvalue weighted by molar-refractivity contribution is -0.111. The van der Waals surface area contributed by atoms with Crippen LogP contribution < -0.4 is 5.32 Å². The van der Waals surface area contributed by atoms with E-state index >= 15 is 0 Å². The highest BCUT2D eigenvalue weighted by Crippen LogP contribution is 2.11. The molecule has 1 aromatic carbocycles. The number of nitrogens with one attached hydrogen (secondary N) is 1. The molecule has 0 fully saturated rings. The van der Waals surface area contributed by atoms with Gasteiger partial charge in [0.05, 0.1) is 18.1 Å². The van der Waals surface area contributed by atoms with E-state index in [1.54, 1.807) is 47.6 Å². The highest BCUT2D eigenvalue weighted by Gasteiger charge is 2.04. The number of nitrogens with zero attached hydrogens (tertiary/aromatic N) is 4. The molecular formula is C17H14ClN5O. The van der Waals surface area contributed by atoms with E-state index in [1.165, 1.54) is 6.08 Å². The molecule has 0 saturated carbocycles. The zero-order chi connectivity index (χ0) is 16.9. The molecule has 0 aliphatic heterocycles. The van der Waals surface area contributed by atoms with Crippen LogP contribution >= 0.6 is 11.6 Å². The molecule has 2 heterocycles. The minimum absolute atomic E-state index is 0.264. The lowest BCUT2D eigenvalue weighted by Crippen LogP contribution is -2.09. The average Bonchev–Trinajstić information content (AvgIpc) is 3.01. The zero-order valence-electron chi connectivity index (χ0n) is 12.8. The van der Waals surface area contributed by atoms with Crippen molar-refractivity contribution in [2.45, 2.75) is 6.92 Å². The van der Waals surface area contributed by atoms with E-state index in [0.717, 1.165) is 11.4 Å². The van der Waals surface area contributed by atoms with Crippen molar-refractivity contribution in [1.29, 1.82) is 0 Å². The molecule has 0 aliphatic rings. The molecule has 6 nitrogen and oxygen atoms in total. The monoisotopic (exact) mass is 339 g/mol. The summed E-state index contributed by atoms with van der Waals surface area (Å²) < 4.78 is 1.76. The van der Waals surface area contributed by atoms with Gasteiger partial charge in [-0.05, 0) is 30.7 Å². The fourth-order valence-electron chi connectivity index (χ4n) is 2.03. The molecule has 120 valence electrons. The second kappa shape index (κ2) is 7.06. The molecule has 0 atom stereocenters. The number of rotatable bonds is 4. The summed E-state index contributed by atoms with van der Waals surface area (Å²) in [6.07, 6.45) is 9.70. The fourth-order valence-corrected chi connectivity index (χ4v) is 2.16. The van der Waals surface area contributed by atoms with Gasteiger partial charge in [0.2, 0.25) is 11.9 Å². The van der Waals surface area contributed by atoms with Crippen molar-refractivity contribution in [3.63, 3.8) is 0 Å². The minimum Gasteiger partial charge on any atom is -0.320 e. The van der Waals surface area contributed by atoms with Crippen LogP contribution in [0.3, 0.4) is 0 Å². The van der Waals surface area contributed by atoms with E-state index in [9.17, 15) is 4.79 Å². The standard InChI is InChI=1S/C17H14ClN5O/c1-12-19-8-9-23(12)17-20-10-15(11-21-17)22-16(24)7-4-13-2-5-14(18)6-3-13/h2-11H,1H3,(H,22,24)/b7-4+. The summed E-state index contributed by atoms with van der Waals surface area (Å²) in [5, 5.41) is 3.36. The maximum atomic E-state index is 11.9. The highest BCUT2D eigenvalue weighted by atomic mass is 35.5. The van der Waals surface area contributed by atoms with Gasteiger partial charge < -0.3 is 5.32 Å². The van der Waals surface area contributed by atoms with Crippen molar-refractivity contribution < 1.29 is 4.79 Å². The Morgan fingerprint density at radius 3 is 2.50 bits per heavy atom. The largest absolute Gasteiger partial charge is 0.320 e. The molecule has 0 aliphatic carbocycles. The van der Waals surface area contributed by atoms with Gasteiger partial charge in [0.25, 0.3) is 0 Å². The van der Waals surface area contributed by atoms with Crippen LogP contribution in [-0.4, -0.2) is 25.4 Å². The third-order valence-corrected chi connectivity index (χ3v) is 3.50. The van der Waals surface area contributed by atoms with E-state index in [0.29, 0.717) is 16.7 Å². The minimum atomic E-state index is -0.264. The SMILES string of the molecule is Cc1nccn1-c1ncc(NC(=O)/C=C/c2ccc(Cl)cc2)cn1. The van der Waals surface area contributed by atoms with Crippen LogP contribution in [-0.2, 0) is 4.79 Å². The van der Waals surface area contributed by atoms with Gasteiger partial charge >= 0.3 is 0 Å². The first kappa shape index (κ1) is 15.9. The molecule has 3 aromatic rings. The molecule has 0 saturated heterocycles. The number of benzene rings is 1. The lowest BCUT2D eigenvalue weighted by Gasteiger charge is -2.04. The predicted octanol–water partition coefficient (Wildman–Crippen LogP) is 3.28. The number of hydrogen-bond donors (Lipinski definition) is 1. The summed E-state index contributed by atoms with van der Waals surface area (Å²) in [6, 6.07) is 7.20. The molecule has 0 bridgehead atoms. The molecular weight excluding hydrogens is 326 g/mol. The topological polar surface area (TPSA) is 72.7 Å². The lowest BCUT2D eigenvalue weighted by atomic mass is 10.2. The third kappa shape index (κ3) is 3.85. The number of aryl methyl sites for hydroxylation is 1. The van der Waals surface area contributed by atoms with Crippen molar-refractivity contribution in [1.82, 2.24) is 19.5 Å². The van der Waals surface area contributed by atoms with Gasteiger partial charge in [0.15, 0.2) is 0 Å². The number of carbonyl (C=O) groups excluding carboxylic acids is 1. The second-order valence-electron chi connectivity index (χ2n) is 4.99. The highest BCUT2D eigenvalue weighted by molar-refractivity contribution is 6.30.